The van der Waals surface area contributed by atoms with E-state index in [1.165, 1.54) is 10.9 Å². The topological polar surface area (TPSA) is 93.9 Å². The van der Waals surface area contributed by atoms with Gasteiger partial charge in [-0.2, -0.15) is 10.4 Å². The van der Waals surface area contributed by atoms with Crippen LogP contribution in [-0.4, -0.2) is 22.4 Å². The molecule has 0 fully saturated rings. The van der Waals surface area contributed by atoms with Crippen molar-refractivity contribution in [2.24, 2.45) is 0 Å². The van der Waals surface area contributed by atoms with E-state index in [1.807, 2.05) is 18.2 Å². The molecular formula is C16H15ClN4O2. The molecule has 1 heterocycles. The number of hydrogen-bond acceptors (Lipinski definition) is 5. The highest BCUT2D eigenvalue weighted by Gasteiger charge is 2.09. The van der Waals surface area contributed by atoms with Crippen LogP contribution in [0.5, 0.6) is 0 Å². The first-order valence-electron chi connectivity index (χ1n) is 6.83. The van der Waals surface area contributed by atoms with E-state index >= 15 is 0 Å². The van der Waals surface area contributed by atoms with Crippen LogP contribution in [0.3, 0.4) is 0 Å². The van der Waals surface area contributed by atoms with Gasteiger partial charge in [-0.25, -0.2) is 9.48 Å². The fourth-order valence-electron chi connectivity index (χ4n) is 1.87. The summed E-state index contributed by atoms with van der Waals surface area (Å²) in [7, 11) is 0. The summed E-state index contributed by atoms with van der Waals surface area (Å²) in [5, 5.41) is 13.4. The summed E-state index contributed by atoms with van der Waals surface area (Å²) in [6.45, 7) is 2.07. The number of nitrogen functional groups attached to an aromatic ring is 1. The predicted molar refractivity (Wildman–Crippen MR) is 87.4 cm³/mol. The van der Waals surface area contributed by atoms with Crippen LogP contribution in [0.25, 0.3) is 6.08 Å². The molecule has 0 saturated heterocycles. The first-order valence-corrected chi connectivity index (χ1v) is 7.21. The van der Waals surface area contributed by atoms with Crippen molar-refractivity contribution in [2.75, 3.05) is 12.3 Å². The predicted octanol–water partition coefficient (Wildman–Crippen LogP) is 2.64. The third-order valence-electron chi connectivity index (χ3n) is 3.11. The summed E-state index contributed by atoms with van der Waals surface area (Å²) in [4.78, 5) is 11.9. The normalized spacial score (nSPS) is 11.1. The van der Waals surface area contributed by atoms with E-state index in [0.717, 1.165) is 5.56 Å². The average Bonchev–Trinajstić information content (AvgIpc) is 2.89. The van der Waals surface area contributed by atoms with Gasteiger partial charge in [0.1, 0.15) is 24.1 Å². The van der Waals surface area contributed by atoms with Crippen LogP contribution in [0, 0.1) is 11.3 Å². The monoisotopic (exact) mass is 330 g/mol. The third-order valence-corrected chi connectivity index (χ3v) is 3.36. The molecule has 23 heavy (non-hydrogen) atoms. The molecule has 0 aliphatic carbocycles. The van der Waals surface area contributed by atoms with Crippen LogP contribution in [-0.2, 0) is 16.1 Å². The fourth-order valence-corrected chi connectivity index (χ4v) is 1.99. The first-order chi connectivity index (χ1) is 11.0. The molecule has 0 atom stereocenters. The van der Waals surface area contributed by atoms with Crippen LogP contribution in [0.4, 0.5) is 5.82 Å². The molecule has 0 spiro atoms. The molecule has 0 amide bonds. The largest absolute Gasteiger partial charge is 0.460 e. The maximum Gasteiger partial charge on any atom is 0.333 e. The number of nitriles is 1. The minimum atomic E-state index is -0.425. The van der Waals surface area contributed by atoms with Gasteiger partial charge in [0.25, 0.3) is 0 Å². The minimum Gasteiger partial charge on any atom is -0.460 e. The average molecular weight is 331 g/mol. The molecule has 1 aromatic carbocycles. The van der Waals surface area contributed by atoms with Crippen molar-refractivity contribution in [3.8, 4) is 6.07 Å². The Hall–Kier alpha value is -2.78. The Bertz CT molecular complexity index is 772. The molecule has 6 nitrogen and oxygen atoms in total. The van der Waals surface area contributed by atoms with E-state index in [9.17, 15) is 4.79 Å². The summed E-state index contributed by atoms with van der Waals surface area (Å²) in [5.41, 5.74) is 7.35. The third kappa shape index (κ3) is 4.34. The SMILES string of the molecule is CC(=Cc1ccc(Cl)cc1)C(=O)OCCn1ncc(C#N)c1N. The van der Waals surface area contributed by atoms with Crippen molar-refractivity contribution < 1.29 is 9.53 Å². The smallest absolute Gasteiger partial charge is 0.333 e. The van der Waals surface area contributed by atoms with E-state index < -0.39 is 5.97 Å². The van der Waals surface area contributed by atoms with Crippen molar-refractivity contribution >= 4 is 29.5 Å². The number of nitrogens with zero attached hydrogens (tertiary/aromatic N) is 3. The van der Waals surface area contributed by atoms with Gasteiger partial charge >= 0.3 is 5.97 Å². The van der Waals surface area contributed by atoms with Gasteiger partial charge in [-0.3, -0.25) is 0 Å². The second-order valence-electron chi connectivity index (χ2n) is 4.79. The van der Waals surface area contributed by atoms with Gasteiger partial charge in [-0.05, 0) is 30.7 Å². The Morgan fingerprint density at radius 3 is 2.78 bits per heavy atom. The summed E-state index contributed by atoms with van der Waals surface area (Å²) in [5.74, 6) is -0.164. The van der Waals surface area contributed by atoms with Gasteiger partial charge in [-0.1, -0.05) is 23.7 Å². The highest BCUT2D eigenvalue weighted by Crippen LogP contribution is 2.13. The molecule has 0 bridgehead atoms. The number of nitrogens with two attached hydrogens (primary N) is 1. The number of carbonyl (C=O) groups excluding carboxylic acids is 1. The Labute approximate surface area is 138 Å². The van der Waals surface area contributed by atoms with E-state index in [0.29, 0.717) is 16.2 Å². The summed E-state index contributed by atoms with van der Waals surface area (Å²) < 4.78 is 6.59. The number of carbonyl (C=O) groups is 1. The lowest BCUT2D eigenvalue weighted by Gasteiger charge is -2.07. The molecule has 118 valence electrons. The van der Waals surface area contributed by atoms with E-state index in [2.05, 4.69) is 5.10 Å². The van der Waals surface area contributed by atoms with Gasteiger partial charge in [0.2, 0.25) is 0 Å². The summed E-state index contributed by atoms with van der Waals surface area (Å²) in [6.07, 6.45) is 3.09. The lowest BCUT2D eigenvalue weighted by atomic mass is 10.1. The highest BCUT2D eigenvalue weighted by atomic mass is 35.5. The van der Waals surface area contributed by atoms with Crippen molar-refractivity contribution in [3.63, 3.8) is 0 Å². The van der Waals surface area contributed by atoms with Crippen LogP contribution in [0.15, 0.2) is 36.0 Å². The first kappa shape index (κ1) is 16.6. The second kappa shape index (κ2) is 7.47. The molecule has 0 radical (unpaired) electrons. The molecule has 0 saturated carbocycles. The van der Waals surface area contributed by atoms with Gasteiger partial charge in [0, 0.05) is 10.6 Å². The maximum atomic E-state index is 11.9. The van der Waals surface area contributed by atoms with Gasteiger partial charge < -0.3 is 10.5 Å². The summed E-state index contributed by atoms with van der Waals surface area (Å²) >= 11 is 5.81. The summed E-state index contributed by atoms with van der Waals surface area (Å²) in [6, 6.07) is 9.05. The second-order valence-corrected chi connectivity index (χ2v) is 5.23. The quantitative estimate of drug-likeness (QED) is 0.671. The molecule has 0 aliphatic rings. The van der Waals surface area contributed by atoms with Crippen molar-refractivity contribution in [1.82, 2.24) is 9.78 Å². The molecule has 0 unspecified atom stereocenters. The van der Waals surface area contributed by atoms with E-state index in [4.69, 9.17) is 27.3 Å². The molecule has 0 aliphatic heterocycles. The van der Waals surface area contributed by atoms with Gasteiger partial charge in [-0.15, -0.1) is 0 Å². The van der Waals surface area contributed by atoms with Gasteiger partial charge in [0.05, 0.1) is 12.7 Å². The lowest BCUT2D eigenvalue weighted by molar-refractivity contribution is -0.139. The molecule has 1 aromatic heterocycles. The van der Waals surface area contributed by atoms with E-state index in [1.54, 1.807) is 25.1 Å². The molecule has 2 aromatic rings. The zero-order chi connectivity index (χ0) is 16.8. The Morgan fingerprint density at radius 2 is 2.17 bits per heavy atom. The Kier molecular flexibility index (Phi) is 5.39. The van der Waals surface area contributed by atoms with Crippen LogP contribution in [0.2, 0.25) is 5.02 Å². The molecule has 7 heteroatoms. The zero-order valence-corrected chi connectivity index (χ0v) is 13.2. The highest BCUT2D eigenvalue weighted by molar-refractivity contribution is 6.30. The van der Waals surface area contributed by atoms with Crippen LogP contribution in [0.1, 0.15) is 18.1 Å². The Morgan fingerprint density at radius 1 is 1.48 bits per heavy atom. The maximum absolute atomic E-state index is 11.9. The number of esters is 1. The number of aromatic nitrogens is 2. The van der Waals surface area contributed by atoms with Gasteiger partial charge in [0.15, 0.2) is 0 Å². The van der Waals surface area contributed by atoms with Crippen molar-refractivity contribution in [1.29, 1.82) is 5.26 Å². The standard InChI is InChI=1S/C16H15ClN4O2/c1-11(8-12-2-4-14(17)5-3-12)16(22)23-7-6-21-15(19)13(9-18)10-20-21/h2-5,8,10H,6-7,19H2,1H3. The molecular weight excluding hydrogens is 316 g/mol. The van der Waals surface area contributed by atoms with Crippen molar-refractivity contribution in [3.05, 3.63) is 52.2 Å². The number of halogens is 1. The lowest BCUT2D eigenvalue weighted by Crippen LogP contribution is -2.14. The number of hydrogen-bond donors (Lipinski definition) is 1. The van der Waals surface area contributed by atoms with Crippen LogP contribution >= 0.6 is 11.6 Å². The van der Waals surface area contributed by atoms with Crippen LogP contribution < -0.4 is 5.73 Å². The number of ether oxygens (including phenoxy) is 1. The van der Waals surface area contributed by atoms with E-state index in [-0.39, 0.29) is 19.0 Å². The fraction of sp³-hybridized carbons (Fsp3) is 0.188. The zero-order valence-electron chi connectivity index (χ0n) is 12.5. The number of rotatable bonds is 5. The number of anilines is 1. The van der Waals surface area contributed by atoms with Crippen molar-refractivity contribution in [2.45, 2.75) is 13.5 Å². The Balaban J connectivity index is 1.90. The molecule has 2 rings (SSSR count). The minimum absolute atomic E-state index is 0.112. The number of benzene rings is 1. The molecule has 2 N–H and O–H groups in total.